The number of hydrogen-bond acceptors (Lipinski definition) is 6. The van der Waals surface area contributed by atoms with Crippen LogP contribution in [0, 0.1) is 0 Å². The van der Waals surface area contributed by atoms with Crippen LogP contribution in [0.3, 0.4) is 0 Å². The summed E-state index contributed by atoms with van der Waals surface area (Å²) in [4.78, 5) is 1.56. The maximum Gasteiger partial charge on any atom is 0.109 e. The van der Waals surface area contributed by atoms with Gasteiger partial charge in [0, 0.05) is 13.1 Å². The van der Waals surface area contributed by atoms with Crippen molar-refractivity contribution in [1.82, 2.24) is 4.90 Å². The molecule has 0 aromatic carbocycles. The maximum absolute atomic E-state index is 9.51. The molecule has 84 valence electrons. The lowest BCUT2D eigenvalue weighted by Gasteiger charge is -2.42. The van der Waals surface area contributed by atoms with Gasteiger partial charge in [0.15, 0.2) is 0 Å². The van der Waals surface area contributed by atoms with Gasteiger partial charge in [-0.1, -0.05) is 0 Å². The molecule has 5 N–H and O–H groups in total. The molecule has 0 aromatic rings. The molecular formula is C8H17NO5. The van der Waals surface area contributed by atoms with E-state index in [0.29, 0.717) is 0 Å². The van der Waals surface area contributed by atoms with E-state index in [9.17, 15) is 15.3 Å². The van der Waals surface area contributed by atoms with Crippen LogP contribution in [0.2, 0.25) is 0 Å². The second kappa shape index (κ2) is 5.01. The minimum absolute atomic E-state index is 0.119. The summed E-state index contributed by atoms with van der Waals surface area (Å²) in [5.74, 6) is 0. The minimum atomic E-state index is -1.23. The van der Waals surface area contributed by atoms with Crippen LogP contribution in [-0.2, 0) is 0 Å². The Kier molecular flexibility index (Phi) is 4.24. The van der Waals surface area contributed by atoms with Gasteiger partial charge in [0.2, 0.25) is 0 Å². The van der Waals surface area contributed by atoms with E-state index in [2.05, 4.69) is 0 Å². The normalized spacial score (nSPS) is 40.1. The lowest BCUT2D eigenvalue weighted by molar-refractivity contribution is -0.146. The molecule has 0 spiro atoms. The van der Waals surface area contributed by atoms with Crippen LogP contribution in [-0.4, -0.2) is 81.1 Å². The molecule has 0 saturated carbocycles. The Balaban J connectivity index is 2.66. The quantitative estimate of drug-likeness (QED) is 0.333. The van der Waals surface area contributed by atoms with Gasteiger partial charge in [0.1, 0.15) is 12.2 Å². The third kappa shape index (κ3) is 2.22. The van der Waals surface area contributed by atoms with Gasteiger partial charge in [-0.05, 0) is 0 Å². The van der Waals surface area contributed by atoms with E-state index in [1.807, 2.05) is 0 Å². The molecule has 0 aromatic heterocycles. The number of aliphatic hydroxyl groups excluding tert-OH is 5. The lowest BCUT2D eigenvalue weighted by atomic mass is 9.94. The van der Waals surface area contributed by atoms with E-state index in [1.54, 1.807) is 4.90 Å². The molecular weight excluding hydrogens is 190 g/mol. The highest BCUT2D eigenvalue weighted by Gasteiger charge is 2.40. The number of likely N-dealkylation sites (tertiary alicyclic amines) is 1. The Hall–Kier alpha value is -0.240. The monoisotopic (exact) mass is 207 g/mol. The molecule has 1 aliphatic heterocycles. The summed E-state index contributed by atoms with van der Waals surface area (Å²) in [5, 5.41) is 45.9. The molecule has 1 heterocycles. The molecule has 1 aliphatic rings. The Morgan fingerprint density at radius 2 is 1.71 bits per heavy atom. The molecule has 14 heavy (non-hydrogen) atoms. The van der Waals surface area contributed by atoms with E-state index in [1.165, 1.54) is 0 Å². The van der Waals surface area contributed by atoms with Gasteiger partial charge in [-0.25, -0.2) is 0 Å². The predicted octanol–water partition coefficient (Wildman–Crippen LogP) is -3.26. The SMILES string of the molecule is OCCN1C[C@H](O)[C@@H](O)[C@@H](O)[C@H]1CO. The summed E-state index contributed by atoms with van der Waals surface area (Å²) in [6, 6.07) is -0.624. The predicted molar refractivity (Wildman–Crippen MR) is 47.6 cm³/mol. The van der Waals surface area contributed by atoms with Crippen LogP contribution in [0.1, 0.15) is 0 Å². The minimum Gasteiger partial charge on any atom is -0.395 e. The second-order valence-corrected chi connectivity index (χ2v) is 3.52. The van der Waals surface area contributed by atoms with Crippen molar-refractivity contribution in [3.8, 4) is 0 Å². The first-order valence-corrected chi connectivity index (χ1v) is 4.61. The number of rotatable bonds is 3. The molecule has 1 rings (SSSR count). The summed E-state index contributed by atoms with van der Waals surface area (Å²) in [5.41, 5.74) is 0. The summed E-state index contributed by atoms with van der Waals surface area (Å²) >= 11 is 0. The zero-order valence-electron chi connectivity index (χ0n) is 7.82. The molecule has 0 aliphatic carbocycles. The fourth-order valence-electron chi connectivity index (χ4n) is 1.76. The summed E-state index contributed by atoms with van der Waals surface area (Å²) in [7, 11) is 0. The molecule has 0 amide bonds. The first kappa shape index (κ1) is 11.8. The van der Waals surface area contributed by atoms with Crippen molar-refractivity contribution in [1.29, 1.82) is 0 Å². The van der Waals surface area contributed by atoms with Gasteiger partial charge in [0.25, 0.3) is 0 Å². The van der Waals surface area contributed by atoms with Crippen LogP contribution in [0.15, 0.2) is 0 Å². The molecule has 0 unspecified atom stereocenters. The molecule has 6 heteroatoms. The van der Waals surface area contributed by atoms with Crippen LogP contribution >= 0.6 is 0 Å². The zero-order valence-corrected chi connectivity index (χ0v) is 7.82. The van der Waals surface area contributed by atoms with E-state index in [0.717, 1.165) is 0 Å². The number of piperidine rings is 1. The number of hydrogen-bond donors (Lipinski definition) is 5. The van der Waals surface area contributed by atoms with Crippen molar-refractivity contribution in [3.05, 3.63) is 0 Å². The number of nitrogens with zero attached hydrogens (tertiary/aromatic N) is 1. The number of aliphatic hydroxyl groups is 5. The van der Waals surface area contributed by atoms with Gasteiger partial charge in [0.05, 0.1) is 25.4 Å². The van der Waals surface area contributed by atoms with Crippen molar-refractivity contribution >= 4 is 0 Å². The van der Waals surface area contributed by atoms with Crippen molar-refractivity contribution in [2.45, 2.75) is 24.4 Å². The zero-order chi connectivity index (χ0) is 10.7. The van der Waals surface area contributed by atoms with Gasteiger partial charge in [-0.2, -0.15) is 0 Å². The highest BCUT2D eigenvalue weighted by Crippen LogP contribution is 2.18. The average Bonchev–Trinajstić information content (AvgIpc) is 2.16. The first-order chi connectivity index (χ1) is 6.61. The Bertz CT molecular complexity index is 179. The highest BCUT2D eigenvalue weighted by molar-refractivity contribution is 4.93. The van der Waals surface area contributed by atoms with E-state index < -0.39 is 24.4 Å². The Morgan fingerprint density at radius 1 is 1.07 bits per heavy atom. The third-order valence-corrected chi connectivity index (χ3v) is 2.60. The van der Waals surface area contributed by atoms with Crippen molar-refractivity contribution in [3.63, 3.8) is 0 Å². The summed E-state index contributed by atoms with van der Waals surface area (Å²) in [6.45, 7) is -0.0347. The summed E-state index contributed by atoms with van der Waals surface area (Å²) in [6.07, 6.45) is -3.46. The molecule has 4 atom stereocenters. The maximum atomic E-state index is 9.51. The fourth-order valence-corrected chi connectivity index (χ4v) is 1.76. The van der Waals surface area contributed by atoms with Gasteiger partial charge in [-0.3, -0.25) is 4.90 Å². The fraction of sp³-hybridized carbons (Fsp3) is 1.00. The highest BCUT2D eigenvalue weighted by atomic mass is 16.4. The van der Waals surface area contributed by atoms with Crippen LogP contribution in [0.5, 0.6) is 0 Å². The standard InChI is InChI=1S/C8H17NO5/c10-2-1-9-3-6(12)8(14)7(13)5(9)4-11/h5-8,10-14H,1-4H2/t5-,6+,7+,8-/m1/s1. The molecule has 0 radical (unpaired) electrons. The van der Waals surface area contributed by atoms with E-state index in [4.69, 9.17) is 10.2 Å². The van der Waals surface area contributed by atoms with Crippen molar-refractivity contribution in [2.75, 3.05) is 26.3 Å². The topological polar surface area (TPSA) is 104 Å². The van der Waals surface area contributed by atoms with Gasteiger partial charge < -0.3 is 25.5 Å². The number of β-amino-alcohol motifs (C(OH)–C–C–N with tert-alkyl or cyclic N) is 2. The lowest BCUT2D eigenvalue weighted by Crippen LogP contribution is -2.62. The molecule has 0 bridgehead atoms. The van der Waals surface area contributed by atoms with Crippen molar-refractivity contribution in [2.24, 2.45) is 0 Å². The van der Waals surface area contributed by atoms with Gasteiger partial charge >= 0.3 is 0 Å². The molecule has 6 nitrogen and oxygen atoms in total. The molecule has 1 fully saturated rings. The largest absolute Gasteiger partial charge is 0.395 e. The Morgan fingerprint density at radius 3 is 2.21 bits per heavy atom. The van der Waals surface area contributed by atoms with Crippen LogP contribution in [0.4, 0.5) is 0 Å². The third-order valence-electron chi connectivity index (χ3n) is 2.60. The average molecular weight is 207 g/mol. The second-order valence-electron chi connectivity index (χ2n) is 3.52. The van der Waals surface area contributed by atoms with Crippen LogP contribution < -0.4 is 0 Å². The van der Waals surface area contributed by atoms with E-state index >= 15 is 0 Å². The summed E-state index contributed by atoms with van der Waals surface area (Å²) < 4.78 is 0. The van der Waals surface area contributed by atoms with E-state index in [-0.39, 0.29) is 26.3 Å². The van der Waals surface area contributed by atoms with Gasteiger partial charge in [-0.15, -0.1) is 0 Å². The Labute approximate surface area is 82.0 Å². The first-order valence-electron chi connectivity index (χ1n) is 4.61. The van der Waals surface area contributed by atoms with Crippen LogP contribution in [0.25, 0.3) is 0 Å². The smallest absolute Gasteiger partial charge is 0.109 e. The van der Waals surface area contributed by atoms with Crippen molar-refractivity contribution < 1.29 is 25.5 Å². The molecule has 1 saturated heterocycles.